The molecule has 1 aliphatic heterocycles. The third-order valence-corrected chi connectivity index (χ3v) is 7.41. The van der Waals surface area contributed by atoms with Crippen LogP contribution in [0.2, 0.25) is 0 Å². The van der Waals surface area contributed by atoms with Gasteiger partial charge in [0.05, 0.1) is 36.1 Å². The van der Waals surface area contributed by atoms with Gasteiger partial charge in [0, 0.05) is 18.6 Å². The maximum atomic E-state index is 13.3. The zero-order valence-corrected chi connectivity index (χ0v) is 19.5. The standard InChI is InChI=1S/C24H22F4N2O4S/c1-33-8-6-15-10-16(24(26,27)28)2-4-19(15)20-7-9-34-22-11-18(3-5-21(20)22)35(31,32)14-23-29-12-17(25)13-30-23/h2-5,10-13,20H,6-9,14H2,1H3/t20-/m1/s1. The molecular formula is C24H22F4N2O4S. The number of hydrogen-bond acceptors (Lipinski definition) is 6. The number of sulfone groups is 1. The number of rotatable bonds is 7. The molecule has 1 aromatic heterocycles. The van der Waals surface area contributed by atoms with Crippen molar-refractivity contribution in [1.29, 1.82) is 0 Å². The maximum absolute atomic E-state index is 13.3. The Morgan fingerprint density at radius 3 is 2.49 bits per heavy atom. The van der Waals surface area contributed by atoms with Gasteiger partial charge in [0.25, 0.3) is 0 Å². The van der Waals surface area contributed by atoms with Crippen LogP contribution in [0.5, 0.6) is 5.75 Å². The Morgan fingerprint density at radius 2 is 1.80 bits per heavy atom. The number of nitrogens with zero attached hydrogens (tertiary/aromatic N) is 2. The molecule has 0 saturated heterocycles. The largest absolute Gasteiger partial charge is 0.493 e. The monoisotopic (exact) mass is 510 g/mol. The van der Waals surface area contributed by atoms with E-state index in [1.807, 2.05) is 0 Å². The Kier molecular flexibility index (Phi) is 7.09. The highest BCUT2D eigenvalue weighted by atomic mass is 32.2. The predicted octanol–water partition coefficient (Wildman–Crippen LogP) is 4.71. The van der Waals surface area contributed by atoms with E-state index in [1.165, 1.54) is 25.3 Å². The van der Waals surface area contributed by atoms with Crippen molar-refractivity contribution in [2.75, 3.05) is 20.3 Å². The quantitative estimate of drug-likeness (QED) is 0.429. The van der Waals surface area contributed by atoms with E-state index >= 15 is 0 Å². The lowest BCUT2D eigenvalue weighted by molar-refractivity contribution is -0.137. The number of ether oxygens (including phenoxy) is 2. The van der Waals surface area contributed by atoms with Gasteiger partial charge in [-0.05, 0) is 48.2 Å². The molecule has 2 heterocycles. The average molecular weight is 511 g/mol. The number of halogens is 4. The summed E-state index contributed by atoms with van der Waals surface area (Å²) in [5, 5.41) is 0. The summed E-state index contributed by atoms with van der Waals surface area (Å²) < 4.78 is 89.5. The molecule has 0 unspecified atom stereocenters. The summed E-state index contributed by atoms with van der Waals surface area (Å²) in [5.41, 5.74) is 1.19. The number of fused-ring (bicyclic) bond motifs is 1. The SMILES string of the molecule is COCCc1cc(C(F)(F)F)ccc1[C@H]1CCOc2cc(S(=O)(=O)Cc3ncc(F)cn3)ccc21. The van der Waals surface area contributed by atoms with Crippen LogP contribution in [0.15, 0.2) is 53.7 Å². The first-order valence-corrected chi connectivity index (χ1v) is 12.4. The van der Waals surface area contributed by atoms with Crippen LogP contribution < -0.4 is 4.74 Å². The van der Waals surface area contributed by atoms with Crippen LogP contribution in [0.4, 0.5) is 17.6 Å². The first kappa shape index (κ1) is 25.1. The minimum atomic E-state index is -4.47. The van der Waals surface area contributed by atoms with E-state index < -0.39 is 33.1 Å². The molecule has 1 atom stereocenters. The predicted molar refractivity (Wildman–Crippen MR) is 118 cm³/mol. The Labute approximate surface area is 199 Å². The van der Waals surface area contributed by atoms with Crippen molar-refractivity contribution in [1.82, 2.24) is 9.97 Å². The van der Waals surface area contributed by atoms with Gasteiger partial charge in [-0.25, -0.2) is 22.8 Å². The highest BCUT2D eigenvalue weighted by Crippen LogP contribution is 2.42. The summed E-state index contributed by atoms with van der Waals surface area (Å²) in [7, 11) is -2.37. The van der Waals surface area contributed by atoms with Crippen LogP contribution in [0.1, 0.15) is 40.4 Å². The summed E-state index contributed by atoms with van der Waals surface area (Å²) in [5.74, 6) is -1.16. The minimum absolute atomic E-state index is 0.0168. The lowest BCUT2D eigenvalue weighted by atomic mass is 9.83. The van der Waals surface area contributed by atoms with Crippen molar-refractivity contribution in [2.45, 2.75) is 35.6 Å². The van der Waals surface area contributed by atoms with Crippen LogP contribution in [0.3, 0.4) is 0 Å². The number of aromatic nitrogens is 2. The van der Waals surface area contributed by atoms with E-state index in [-0.39, 0.29) is 29.9 Å². The van der Waals surface area contributed by atoms with Gasteiger partial charge in [-0.2, -0.15) is 13.2 Å². The minimum Gasteiger partial charge on any atom is -0.493 e. The lowest BCUT2D eigenvalue weighted by Gasteiger charge is -2.29. The third kappa shape index (κ3) is 5.62. The summed E-state index contributed by atoms with van der Waals surface area (Å²) in [4.78, 5) is 7.38. The summed E-state index contributed by atoms with van der Waals surface area (Å²) in [6.07, 6.45) is -1.86. The van der Waals surface area contributed by atoms with Crippen molar-refractivity contribution < 1.29 is 35.5 Å². The van der Waals surface area contributed by atoms with Gasteiger partial charge >= 0.3 is 6.18 Å². The number of methoxy groups -OCH3 is 1. The summed E-state index contributed by atoms with van der Waals surface area (Å²) in [6, 6.07) is 8.13. The van der Waals surface area contributed by atoms with E-state index in [9.17, 15) is 26.0 Å². The van der Waals surface area contributed by atoms with Crippen LogP contribution in [-0.4, -0.2) is 38.7 Å². The van der Waals surface area contributed by atoms with E-state index in [4.69, 9.17) is 9.47 Å². The van der Waals surface area contributed by atoms with E-state index in [0.717, 1.165) is 30.1 Å². The summed E-state index contributed by atoms with van der Waals surface area (Å²) in [6.45, 7) is 0.528. The van der Waals surface area contributed by atoms with Crippen LogP contribution in [-0.2, 0) is 32.9 Å². The first-order valence-electron chi connectivity index (χ1n) is 10.7. The van der Waals surface area contributed by atoms with Crippen molar-refractivity contribution in [3.05, 3.63) is 82.7 Å². The smallest absolute Gasteiger partial charge is 0.416 e. The number of alkyl halides is 3. The fourth-order valence-corrected chi connectivity index (χ4v) is 5.32. The molecule has 0 fully saturated rings. The molecular weight excluding hydrogens is 488 g/mol. The summed E-state index contributed by atoms with van der Waals surface area (Å²) >= 11 is 0. The molecule has 0 spiro atoms. The number of hydrogen-bond donors (Lipinski definition) is 0. The number of benzene rings is 2. The van der Waals surface area contributed by atoms with Gasteiger partial charge in [-0.15, -0.1) is 0 Å². The highest BCUT2D eigenvalue weighted by Gasteiger charge is 2.33. The van der Waals surface area contributed by atoms with Crippen LogP contribution in [0, 0.1) is 5.82 Å². The average Bonchev–Trinajstić information content (AvgIpc) is 2.82. The molecule has 6 nitrogen and oxygen atoms in total. The van der Waals surface area contributed by atoms with Gasteiger partial charge in [-0.1, -0.05) is 12.1 Å². The van der Waals surface area contributed by atoms with Gasteiger partial charge in [0.15, 0.2) is 15.7 Å². The molecule has 0 amide bonds. The van der Waals surface area contributed by atoms with Crippen LogP contribution >= 0.6 is 0 Å². The molecule has 0 bridgehead atoms. The zero-order chi connectivity index (χ0) is 25.2. The Balaban J connectivity index is 1.68. The Morgan fingerprint density at radius 1 is 1.09 bits per heavy atom. The van der Waals surface area contributed by atoms with Gasteiger partial charge in [-0.3, -0.25) is 0 Å². The normalized spacial score (nSPS) is 16.0. The second-order valence-corrected chi connectivity index (χ2v) is 10.1. The third-order valence-electron chi connectivity index (χ3n) is 5.80. The molecule has 35 heavy (non-hydrogen) atoms. The lowest BCUT2D eigenvalue weighted by Crippen LogP contribution is -2.18. The molecule has 0 N–H and O–H groups in total. The first-order chi connectivity index (χ1) is 16.6. The molecule has 0 aliphatic carbocycles. The van der Waals surface area contributed by atoms with E-state index in [0.29, 0.717) is 29.7 Å². The molecule has 11 heteroatoms. The molecule has 2 aromatic carbocycles. The van der Waals surface area contributed by atoms with Crippen molar-refractivity contribution >= 4 is 9.84 Å². The van der Waals surface area contributed by atoms with Crippen molar-refractivity contribution in [2.24, 2.45) is 0 Å². The van der Waals surface area contributed by atoms with Crippen LogP contribution in [0.25, 0.3) is 0 Å². The molecule has 0 saturated carbocycles. The molecule has 186 valence electrons. The van der Waals surface area contributed by atoms with Crippen molar-refractivity contribution in [3.8, 4) is 5.75 Å². The Bertz CT molecular complexity index is 1310. The molecule has 4 rings (SSSR count). The highest BCUT2D eigenvalue weighted by molar-refractivity contribution is 7.90. The molecule has 0 radical (unpaired) electrons. The van der Waals surface area contributed by atoms with Gasteiger partial charge in [0.1, 0.15) is 17.3 Å². The fourth-order valence-electron chi connectivity index (χ4n) is 4.10. The van der Waals surface area contributed by atoms with Crippen molar-refractivity contribution in [3.63, 3.8) is 0 Å². The topological polar surface area (TPSA) is 78.4 Å². The molecule has 3 aromatic rings. The zero-order valence-electron chi connectivity index (χ0n) is 18.7. The Hall–Kier alpha value is -3.05. The fraction of sp³-hybridized carbons (Fsp3) is 0.333. The second-order valence-electron chi connectivity index (χ2n) is 8.12. The van der Waals surface area contributed by atoms with E-state index in [1.54, 1.807) is 6.07 Å². The van der Waals surface area contributed by atoms with Gasteiger partial charge < -0.3 is 9.47 Å². The van der Waals surface area contributed by atoms with E-state index in [2.05, 4.69) is 9.97 Å². The van der Waals surface area contributed by atoms with Gasteiger partial charge in [0.2, 0.25) is 0 Å². The second kappa shape index (κ2) is 9.90. The maximum Gasteiger partial charge on any atom is 0.416 e. The molecule has 1 aliphatic rings.